The van der Waals surface area contributed by atoms with Gasteiger partial charge in [0.15, 0.2) is 0 Å². The molecule has 0 saturated carbocycles. The number of benzene rings is 2. The van der Waals surface area contributed by atoms with E-state index in [1.165, 1.54) is 15.5 Å². The lowest BCUT2D eigenvalue weighted by Gasteiger charge is -2.11. The molecular formula is C23H23N5O3. The average molecular weight is 417 g/mol. The van der Waals surface area contributed by atoms with Crippen LogP contribution < -0.4 is 16.4 Å². The number of hydrogen-bond acceptors (Lipinski definition) is 4. The minimum Gasteiger partial charge on any atom is -0.324 e. The Morgan fingerprint density at radius 3 is 2.55 bits per heavy atom. The second-order valence-corrected chi connectivity index (χ2v) is 8.24. The predicted octanol–water partition coefficient (Wildman–Crippen LogP) is 2.52. The van der Waals surface area contributed by atoms with Gasteiger partial charge in [-0.1, -0.05) is 18.2 Å². The van der Waals surface area contributed by atoms with E-state index in [1.807, 2.05) is 54.8 Å². The summed E-state index contributed by atoms with van der Waals surface area (Å²) in [6.07, 6.45) is 3.20. The minimum atomic E-state index is -0.826. The monoisotopic (exact) mass is 417 g/mol. The zero-order chi connectivity index (χ0) is 21.7. The maximum atomic E-state index is 12.9. The van der Waals surface area contributed by atoms with Crippen molar-refractivity contribution in [3.8, 4) is 0 Å². The van der Waals surface area contributed by atoms with Gasteiger partial charge in [0.05, 0.1) is 11.0 Å². The molecule has 5 rings (SSSR count). The Hall–Kier alpha value is -3.68. The number of aromatic nitrogens is 4. The number of imidazole rings is 1. The molecule has 0 atom stereocenters. The predicted molar refractivity (Wildman–Crippen MR) is 119 cm³/mol. The number of rotatable bonds is 4. The molecule has 2 aromatic heterocycles. The Bertz CT molecular complexity index is 1460. The van der Waals surface area contributed by atoms with E-state index >= 15 is 0 Å². The first-order valence-electron chi connectivity index (χ1n) is 10.5. The highest BCUT2D eigenvalue weighted by Crippen LogP contribution is 2.25. The highest BCUT2D eigenvalue weighted by atomic mass is 16.2. The SMILES string of the molecule is CC(C)n1c2ccccc2n2c(=O)c(=O)n(CC(=O)Nc3ccc4c(c3)CCC4)nc12. The number of hydrogen-bond donors (Lipinski definition) is 1. The van der Waals surface area contributed by atoms with Crippen molar-refractivity contribution in [2.24, 2.45) is 0 Å². The van der Waals surface area contributed by atoms with Crippen LogP contribution in [0.15, 0.2) is 52.1 Å². The zero-order valence-electron chi connectivity index (χ0n) is 17.5. The Morgan fingerprint density at radius 1 is 1.03 bits per heavy atom. The Labute approximate surface area is 177 Å². The molecule has 1 aliphatic rings. The summed E-state index contributed by atoms with van der Waals surface area (Å²) in [5, 5.41) is 7.23. The van der Waals surface area contributed by atoms with Gasteiger partial charge in [0, 0.05) is 11.7 Å². The van der Waals surface area contributed by atoms with Crippen molar-refractivity contribution in [2.45, 2.75) is 45.7 Å². The van der Waals surface area contributed by atoms with Crippen LogP contribution in [-0.2, 0) is 24.2 Å². The highest BCUT2D eigenvalue weighted by Gasteiger charge is 2.20. The molecule has 0 radical (unpaired) electrons. The third-order valence-electron chi connectivity index (χ3n) is 5.82. The summed E-state index contributed by atoms with van der Waals surface area (Å²) >= 11 is 0. The van der Waals surface area contributed by atoms with Crippen molar-refractivity contribution in [2.75, 3.05) is 5.32 Å². The molecule has 4 aromatic rings. The van der Waals surface area contributed by atoms with Crippen LogP contribution in [0.5, 0.6) is 0 Å². The quantitative estimate of drug-likeness (QED) is 0.517. The number of aryl methyl sites for hydroxylation is 2. The van der Waals surface area contributed by atoms with Gasteiger partial charge in [-0.15, -0.1) is 5.10 Å². The Kier molecular flexibility index (Phi) is 4.50. The number of carbonyl (C=O) groups excluding carboxylic acids is 1. The van der Waals surface area contributed by atoms with E-state index in [0.29, 0.717) is 17.0 Å². The molecule has 2 heterocycles. The number of para-hydroxylation sites is 2. The van der Waals surface area contributed by atoms with Gasteiger partial charge in [-0.25, -0.2) is 9.08 Å². The second-order valence-electron chi connectivity index (χ2n) is 8.24. The van der Waals surface area contributed by atoms with Crippen molar-refractivity contribution in [1.29, 1.82) is 0 Å². The third kappa shape index (κ3) is 3.15. The fourth-order valence-electron chi connectivity index (χ4n) is 4.44. The summed E-state index contributed by atoms with van der Waals surface area (Å²) in [7, 11) is 0. The normalized spacial score (nSPS) is 13.3. The van der Waals surface area contributed by atoms with Crippen LogP contribution in [0.4, 0.5) is 5.69 Å². The summed E-state index contributed by atoms with van der Waals surface area (Å²) in [6.45, 7) is 3.63. The summed E-state index contributed by atoms with van der Waals surface area (Å²) < 4.78 is 4.18. The van der Waals surface area contributed by atoms with E-state index in [0.717, 1.165) is 29.5 Å². The summed E-state index contributed by atoms with van der Waals surface area (Å²) in [4.78, 5) is 38.3. The van der Waals surface area contributed by atoms with Gasteiger partial charge < -0.3 is 9.88 Å². The van der Waals surface area contributed by atoms with Crippen LogP contribution in [0, 0.1) is 0 Å². The van der Waals surface area contributed by atoms with Crippen LogP contribution in [0.25, 0.3) is 16.8 Å². The Morgan fingerprint density at radius 2 is 1.77 bits per heavy atom. The number of fused-ring (bicyclic) bond motifs is 4. The van der Waals surface area contributed by atoms with Crippen LogP contribution in [0.3, 0.4) is 0 Å². The summed E-state index contributed by atoms with van der Waals surface area (Å²) in [5.41, 5.74) is 3.13. The van der Waals surface area contributed by atoms with Gasteiger partial charge in [0.1, 0.15) is 6.54 Å². The first kappa shape index (κ1) is 19.3. The van der Waals surface area contributed by atoms with Gasteiger partial charge in [0.25, 0.3) is 0 Å². The van der Waals surface area contributed by atoms with Crippen molar-refractivity contribution in [1.82, 2.24) is 18.7 Å². The lowest BCUT2D eigenvalue weighted by molar-refractivity contribution is -0.117. The molecule has 1 aliphatic carbocycles. The van der Waals surface area contributed by atoms with Gasteiger partial charge in [-0.2, -0.15) is 0 Å². The molecule has 0 unspecified atom stereocenters. The van der Waals surface area contributed by atoms with Crippen LogP contribution in [0.1, 0.15) is 37.4 Å². The maximum Gasteiger partial charge on any atom is 0.333 e. The van der Waals surface area contributed by atoms with Crippen molar-refractivity contribution in [3.05, 3.63) is 74.3 Å². The molecule has 0 fully saturated rings. The van der Waals surface area contributed by atoms with Crippen molar-refractivity contribution in [3.63, 3.8) is 0 Å². The molecule has 31 heavy (non-hydrogen) atoms. The summed E-state index contributed by atoms with van der Waals surface area (Å²) in [5.74, 6) is -0.0605. The van der Waals surface area contributed by atoms with Gasteiger partial charge in [-0.05, 0) is 68.5 Å². The minimum absolute atomic E-state index is 0.00740. The summed E-state index contributed by atoms with van der Waals surface area (Å²) in [6, 6.07) is 13.2. The number of carbonyl (C=O) groups is 1. The maximum absolute atomic E-state index is 12.9. The van der Waals surface area contributed by atoms with Gasteiger partial charge >= 0.3 is 11.1 Å². The molecule has 0 aliphatic heterocycles. The number of amides is 1. The largest absolute Gasteiger partial charge is 0.333 e. The fraction of sp³-hybridized carbons (Fsp3) is 0.304. The molecule has 0 spiro atoms. The average Bonchev–Trinajstić information content (AvgIpc) is 3.33. The van der Waals surface area contributed by atoms with E-state index in [4.69, 9.17) is 0 Å². The molecule has 8 heteroatoms. The molecule has 0 bridgehead atoms. The van der Waals surface area contributed by atoms with Crippen LogP contribution in [0.2, 0.25) is 0 Å². The van der Waals surface area contributed by atoms with E-state index in [1.54, 1.807) is 6.07 Å². The topological polar surface area (TPSA) is 90.4 Å². The second kappa shape index (κ2) is 7.23. The standard InChI is InChI=1S/C23H23N5O3/c1-14(2)27-18-8-3-4-9-19(18)28-22(31)21(30)26(25-23(27)28)13-20(29)24-17-11-10-15-6-5-7-16(15)12-17/h3-4,8-12,14H,5-7,13H2,1-2H3,(H,24,29). The smallest absolute Gasteiger partial charge is 0.324 e. The highest BCUT2D eigenvalue weighted by molar-refractivity contribution is 5.90. The molecule has 8 nitrogen and oxygen atoms in total. The van der Waals surface area contributed by atoms with Crippen LogP contribution in [-0.4, -0.2) is 24.7 Å². The molecular weight excluding hydrogens is 394 g/mol. The zero-order valence-corrected chi connectivity index (χ0v) is 17.5. The molecule has 158 valence electrons. The lowest BCUT2D eigenvalue weighted by Crippen LogP contribution is -2.42. The number of anilines is 1. The number of nitrogens with one attached hydrogen (secondary N) is 1. The van der Waals surface area contributed by atoms with E-state index in [2.05, 4.69) is 10.4 Å². The molecule has 1 amide bonds. The van der Waals surface area contributed by atoms with Gasteiger partial charge in [0.2, 0.25) is 11.7 Å². The fourth-order valence-corrected chi connectivity index (χ4v) is 4.44. The lowest BCUT2D eigenvalue weighted by atomic mass is 10.1. The van der Waals surface area contributed by atoms with E-state index in [-0.39, 0.29) is 12.6 Å². The first-order valence-corrected chi connectivity index (χ1v) is 10.5. The van der Waals surface area contributed by atoms with Crippen molar-refractivity contribution >= 4 is 28.4 Å². The Balaban J connectivity index is 1.54. The first-order chi connectivity index (χ1) is 14.9. The van der Waals surface area contributed by atoms with Gasteiger partial charge in [-0.3, -0.25) is 14.4 Å². The van der Waals surface area contributed by atoms with E-state index in [9.17, 15) is 14.4 Å². The number of nitrogens with zero attached hydrogens (tertiary/aromatic N) is 4. The molecule has 2 aromatic carbocycles. The van der Waals surface area contributed by atoms with Crippen LogP contribution >= 0.6 is 0 Å². The van der Waals surface area contributed by atoms with Crippen molar-refractivity contribution < 1.29 is 4.79 Å². The molecule has 0 saturated heterocycles. The molecule has 1 N–H and O–H groups in total. The van der Waals surface area contributed by atoms with E-state index < -0.39 is 17.0 Å². The third-order valence-corrected chi connectivity index (χ3v) is 5.82.